The van der Waals surface area contributed by atoms with Crippen LogP contribution in [0.3, 0.4) is 0 Å². The molecule has 0 aromatic carbocycles. The zero-order valence-corrected chi connectivity index (χ0v) is 13.7. The highest BCUT2D eigenvalue weighted by molar-refractivity contribution is 5.05. The molecule has 0 N–H and O–H groups in total. The van der Waals surface area contributed by atoms with E-state index in [1.165, 1.54) is 12.8 Å². The van der Waals surface area contributed by atoms with Gasteiger partial charge < -0.3 is 9.26 Å². The van der Waals surface area contributed by atoms with Crippen LogP contribution in [0.1, 0.15) is 68.2 Å². The van der Waals surface area contributed by atoms with Gasteiger partial charge in [0, 0.05) is 19.0 Å². The minimum Gasteiger partial charge on any atom is -0.363 e. The van der Waals surface area contributed by atoms with Gasteiger partial charge in [0.1, 0.15) is 6.10 Å². The highest BCUT2D eigenvalue weighted by atomic mass is 16.5. The quantitative estimate of drug-likeness (QED) is 0.807. The van der Waals surface area contributed by atoms with Gasteiger partial charge in [-0.25, -0.2) is 4.68 Å². The standard InChI is InChI=1S/C15H21N7O2/c1-9-6-21(8-13-17-19-20-22(13)11-4-5-11)7-12(23-9)15-16-14(18-24-15)10-2-3-10/h9-12H,2-8H2,1H3/t9-,12-/m1/s1. The molecule has 1 aliphatic heterocycles. The predicted molar refractivity (Wildman–Crippen MR) is 80.9 cm³/mol. The third-order valence-corrected chi connectivity index (χ3v) is 4.83. The van der Waals surface area contributed by atoms with Gasteiger partial charge in [-0.1, -0.05) is 5.16 Å². The predicted octanol–water partition coefficient (Wildman–Crippen LogP) is 1.23. The van der Waals surface area contributed by atoms with Gasteiger partial charge >= 0.3 is 0 Å². The minimum atomic E-state index is -0.181. The van der Waals surface area contributed by atoms with E-state index in [2.05, 4.69) is 37.5 Å². The summed E-state index contributed by atoms with van der Waals surface area (Å²) in [5, 5.41) is 16.3. The second kappa shape index (κ2) is 5.59. The molecule has 2 atom stereocenters. The molecule has 1 saturated heterocycles. The maximum absolute atomic E-state index is 6.03. The molecule has 3 fully saturated rings. The molecule has 2 aliphatic carbocycles. The van der Waals surface area contributed by atoms with E-state index < -0.39 is 0 Å². The Labute approximate surface area is 139 Å². The normalized spacial score (nSPS) is 28.4. The first kappa shape index (κ1) is 14.5. The van der Waals surface area contributed by atoms with Crippen molar-refractivity contribution in [2.75, 3.05) is 13.1 Å². The summed E-state index contributed by atoms with van der Waals surface area (Å²) < 4.78 is 13.4. The summed E-state index contributed by atoms with van der Waals surface area (Å²) in [4.78, 5) is 6.85. The van der Waals surface area contributed by atoms with Crippen molar-refractivity contribution in [1.82, 2.24) is 35.2 Å². The fourth-order valence-electron chi connectivity index (χ4n) is 3.31. The summed E-state index contributed by atoms with van der Waals surface area (Å²) in [5.41, 5.74) is 0. The monoisotopic (exact) mass is 331 g/mol. The number of ether oxygens (including phenoxy) is 1. The Bertz CT molecular complexity index is 721. The van der Waals surface area contributed by atoms with Crippen LogP contribution in [0.4, 0.5) is 0 Å². The van der Waals surface area contributed by atoms with Crippen LogP contribution >= 0.6 is 0 Å². The van der Waals surface area contributed by atoms with E-state index >= 15 is 0 Å². The molecule has 3 aliphatic rings. The van der Waals surface area contributed by atoms with Crippen LogP contribution in [0.25, 0.3) is 0 Å². The van der Waals surface area contributed by atoms with Gasteiger partial charge in [-0.15, -0.1) is 5.10 Å². The Morgan fingerprint density at radius 1 is 1.17 bits per heavy atom. The first-order valence-electron chi connectivity index (χ1n) is 8.74. The summed E-state index contributed by atoms with van der Waals surface area (Å²) in [5.74, 6) is 2.84. The molecule has 0 amide bonds. The molecule has 128 valence electrons. The van der Waals surface area contributed by atoms with Crippen molar-refractivity contribution in [2.45, 2.75) is 63.3 Å². The van der Waals surface area contributed by atoms with Crippen molar-refractivity contribution in [1.29, 1.82) is 0 Å². The highest BCUT2D eigenvalue weighted by Crippen LogP contribution is 2.39. The maximum Gasteiger partial charge on any atom is 0.257 e. The molecule has 0 spiro atoms. The van der Waals surface area contributed by atoms with Crippen molar-refractivity contribution >= 4 is 0 Å². The van der Waals surface area contributed by atoms with E-state index in [4.69, 9.17) is 9.26 Å². The second-order valence-corrected chi connectivity index (χ2v) is 7.17. The molecule has 0 bridgehead atoms. The van der Waals surface area contributed by atoms with Crippen molar-refractivity contribution in [3.8, 4) is 0 Å². The molecular formula is C15H21N7O2. The number of rotatable bonds is 5. The maximum atomic E-state index is 6.03. The molecule has 0 unspecified atom stereocenters. The first-order valence-corrected chi connectivity index (χ1v) is 8.74. The number of hydrogen-bond acceptors (Lipinski definition) is 8. The number of hydrogen-bond donors (Lipinski definition) is 0. The fraction of sp³-hybridized carbons (Fsp3) is 0.800. The van der Waals surface area contributed by atoms with Crippen LogP contribution in [-0.2, 0) is 11.3 Å². The molecule has 24 heavy (non-hydrogen) atoms. The van der Waals surface area contributed by atoms with Gasteiger partial charge in [-0.05, 0) is 43.0 Å². The van der Waals surface area contributed by atoms with E-state index in [1.54, 1.807) is 0 Å². The number of tetrazole rings is 1. The Morgan fingerprint density at radius 2 is 2.04 bits per heavy atom. The molecule has 2 aromatic heterocycles. The van der Waals surface area contributed by atoms with Crippen LogP contribution < -0.4 is 0 Å². The molecule has 3 heterocycles. The van der Waals surface area contributed by atoms with Crippen LogP contribution in [0.5, 0.6) is 0 Å². The minimum absolute atomic E-state index is 0.102. The van der Waals surface area contributed by atoms with E-state index in [0.29, 0.717) is 24.4 Å². The molecule has 9 nitrogen and oxygen atoms in total. The van der Waals surface area contributed by atoms with Gasteiger partial charge in [-0.2, -0.15) is 4.98 Å². The number of nitrogens with zero attached hydrogens (tertiary/aromatic N) is 7. The fourth-order valence-corrected chi connectivity index (χ4v) is 3.31. The topological polar surface area (TPSA) is 95.0 Å². The lowest BCUT2D eigenvalue weighted by atomic mass is 10.2. The third kappa shape index (κ3) is 2.82. The summed E-state index contributed by atoms with van der Waals surface area (Å²) in [7, 11) is 0. The molecule has 0 radical (unpaired) electrons. The SMILES string of the molecule is C[C@@H]1CN(Cc2nnnn2C2CC2)C[C@H](c2nc(C3CC3)no2)O1. The average molecular weight is 331 g/mol. The first-order chi connectivity index (χ1) is 11.8. The van der Waals surface area contributed by atoms with Gasteiger partial charge in [0.25, 0.3) is 5.89 Å². The van der Waals surface area contributed by atoms with Crippen molar-refractivity contribution in [2.24, 2.45) is 0 Å². The van der Waals surface area contributed by atoms with Gasteiger partial charge in [0.2, 0.25) is 0 Å². The Kier molecular flexibility index (Phi) is 3.37. The molecule has 9 heteroatoms. The van der Waals surface area contributed by atoms with Crippen molar-refractivity contribution in [3.05, 3.63) is 17.5 Å². The second-order valence-electron chi connectivity index (χ2n) is 7.17. The Hall–Kier alpha value is -1.87. The largest absolute Gasteiger partial charge is 0.363 e. The van der Waals surface area contributed by atoms with Gasteiger partial charge in [0.15, 0.2) is 11.6 Å². The summed E-state index contributed by atoms with van der Waals surface area (Å²) in [6.07, 6.45) is 4.59. The molecular weight excluding hydrogens is 310 g/mol. The van der Waals surface area contributed by atoms with Crippen molar-refractivity contribution < 1.29 is 9.26 Å². The molecule has 2 aromatic rings. The van der Waals surface area contributed by atoms with Crippen LogP contribution in [0, 0.1) is 0 Å². The van der Waals surface area contributed by atoms with E-state index in [-0.39, 0.29) is 12.2 Å². The Morgan fingerprint density at radius 3 is 2.83 bits per heavy atom. The third-order valence-electron chi connectivity index (χ3n) is 4.83. The molecule has 5 rings (SSSR count). The zero-order chi connectivity index (χ0) is 16.1. The van der Waals surface area contributed by atoms with E-state index in [0.717, 1.165) is 37.6 Å². The Balaban J connectivity index is 1.30. The molecule has 2 saturated carbocycles. The number of aromatic nitrogens is 6. The highest BCUT2D eigenvalue weighted by Gasteiger charge is 2.35. The lowest BCUT2D eigenvalue weighted by Gasteiger charge is -2.34. The summed E-state index contributed by atoms with van der Waals surface area (Å²) in [6.45, 7) is 4.35. The zero-order valence-electron chi connectivity index (χ0n) is 13.7. The van der Waals surface area contributed by atoms with Gasteiger partial charge in [-0.3, -0.25) is 4.90 Å². The number of morpholine rings is 1. The van der Waals surface area contributed by atoms with Gasteiger partial charge in [0.05, 0.1) is 18.7 Å². The van der Waals surface area contributed by atoms with Crippen LogP contribution in [-0.4, -0.2) is 54.4 Å². The van der Waals surface area contributed by atoms with Crippen LogP contribution in [0.15, 0.2) is 4.52 Å². The summed E-state index contributed by atoms with van der Waals surface area (Å²) in [6, 6.07) is 0.487. The van der Waals surface area contributed by atoms with E-state index in [1.807, 2.05) is 4.68 Å². The van der Waals surface area contributed by atoms with Crippen LogP contribution in [0.2, 0.25) is 0 Å². The van der Waals surface area contributed by atoms with E-state index in [9.17, 15) is 0 Å². The van der Waals surface area contributed by atoms with Crippen molar-refractivity contribution in [3.63, 3.8) is 0 Å². The lowest BCUT2D eigenvalue weighted by Crippen LogP contribution is -2.42. The average Bonchev–Trinajstić information content (AvgIpc) is 3.50. The smallest absolute Gasteiger partial charge is 0.257 e. The summed E-state index contributed by atoms with van der Waals surface area (Å²) >= 11 is 0. The lowest BCUT2D eigenvalue weighted by molar-refractivity contribution is -0.0938.